The standard InChI is InChI=1S/C11H16O3/c12-7-6-11(8-13)14-9-10-4-2-1-3-5-10/h1-5,11-13H,6-9H2/t11-/m0/s1/i7D2. The zero-order valence-electron chi connectivity index (χ0n) is 9.89. The molecule has 14 heavy (non-hydrogen) atoms. The van der Waals surface area contributed by atoms with E-state index in [9.17, 15) is 0 Å². The molecule has 3 nitrogen and oxygen atoms in total. The molecule has 0 radical (unpaired) electrons. The van der Waals surface area contributed by atoms with Crippen LogP contribution in [0.4, 0.5) is 0 Å². The lowest BCUT2D eigenvalue weighted by Crippen LogP contribution is -2.18. The summed E-state index contributed by atoms with van der Waals surface area (Å²) in [6.07, 6.45) is -0.934. The van der Waals surface area contributed by atoms with Crippen LogP contribution in [0.15, 0.2) is 30.3 Å². The second-order valence-electron chi connectivity index (χ2n) is 2.96. The maximum atomic E-state index is 8.96. The number of hydrogen-bond donors (Lipinski definition) is 2. The van der Waals surface area contributed by atoms with Gasteiger partial charge in [0.15, 0.2) is 0 Å². The molecule has 0 aromatic heterocycles. The molecule has 0 fully saturated rings. The van der Waals surface area contributed by atoms with Crippen LogP contribution in [0.3, 0.4) is 0 Å². The highest BCUT2D eigenvalue weighted by molar-refractivity contribution is 5.13. The number of benzene rings is 1. The molecule has 0 aliphatic heterocycles. The molecule has 78 valence electrons. The van der Waals surface area contributed by atoms with E-state index in [4.69, 9.17) is 17.7 Å². The molecule has 3 heteroatoms. The van der Waals surface area contributed by atoms with Crippen molar-refractivity contribution in [3.8, 4) is 0 Å². The summed E-state index contributed by atoms with van der Waals surface area (Å²) >= 11 is 0. The Hall–Kier alpha value is -0.900. The Bertz CT molecular complexity index is 298. The predicted octanol–water partition coefficient (Wildman–Crippen LogP) is 0.947. The first-order chi connectivity index (χ1) is 7.51. The number of aliphatic hydroxyl groups excluding tert-OH is 1. The van der Waals surface area contributed by atoms with Crippen molar-refractivity contribution in [1.29, 1.82) is 0 Å². The Morgan fingerprint density at radius 2 is 2.00 bits per heavy atom. The lowest BCUT2D eigenvalue weighted by Gasteiger charge is -2.13. The van der Waals surface area contributed by atoms with Crippen LogP contribution in [0.2, 0.25) is 0 Å². The van der Waals surface area contributed by atoms with Gasteiger partial charge in [-0.15, -0.1) is 0 Å². The average Bonchev–Trinajstić information content (AvgIpc) is 2.24. The fourth-order valence-electron chi connectivity index (χ4n) is 1.07. The van der Waals surface area contributed by atoms with Gasteiger partial charge in [-0.25, -0.2) is 0 Å². The minimum absolute atomic E-state index is 0.240. The molecule has 0 spiro atoms. The van der Waals surface area contributed by atoms with Gasteiger partial charge in [-0.1, -0.05) is 30.3 Å². The quantitative estimate of drug-likeness (QED) is 0.715. The summed E-state index contributed by atoms with van der Waals surface area (Å²) in [6.45, 7) is -2.33. The Labute approximate surface area is 86.8 Å². The van der Waals surface area contributed by atoms with Crippen molar-refractivity contribution in [3.05, 3.63) is 35.9 Å². The average molecular weight is 198 g/mol. The van der Waals surface area contributed by atoms with Gasteiger partial charge < -0.3 is 14.9 Å². The Morgan fingerprint density at radius 1 is 1.29 bits per heavy atom. The molecule has 0 bridgehead atoms. The van der Waals surface area contributed by atoms with E-state index in [0.29, 0.717) is 6.61 Å². The molecule has 0 saturated carbocycles. The van der Waals surface area contributed by atoms with Crippen molar-refractivity contribution in [3.63, 3.8) is 0 Å². The molecule has 1 aromatic rings. The van der Waals surface area contributed by atoms with E-state index < -0.39 is 12.7 Å². The number of hydrogen-bond acceptors (Lipinski definition) is 3. The minimum atomic E-state index is -2.32. The zero-order chi connectivity index (χ0) is 12.0. The third-order valence-electron chi connectivity index (χ3n) is 1.85. The smallest absolute Gasteiger partial charge is 0.0832 e. The van der Waals surface area contributed by atoms with Crippen LogP contribution in [0, 0.1) is 0 Å². The Balaban J connectivity index is 2.40. The normalized spacial score (nSPS) is 15.9. The lowest BCUT2D eigenvalue weighted by atomic mass is 10.2. The molecule has 0 aliphatic carbocycles. The first-order valence-electron chi connectivity index (χ1n) is 5.50. The van der Waals surface area contributed by atoms with Crippen LogP contribution >= 0.6 is 0 Å². The van der Waals surface area contributed by atoms with Crippen molar-refractivity contribution in [2.75, 3.05) is 13.2 Å². The van der Waals surface area contributed by atoms with Gasteiger partial charge in [-0.2, -0.15) is 0 Å². The fourth-order valence-corrected chi connectivity index (χ4v) is 1.07. The highest BCUT2D eigenvalue weighted by Crippen LogP contribution is 2.05. The van der Waals surface area contributed by atoms with Gasteiger partial charge in [-0.3, -0.25) is 0 Å². The maximum absolute atomic E-state index is 8.96. The second-order valence-corrected chi connectivity index (χ2v) is 2.96. The van der Waals surface area contributed by atoms with Crippen LogP contribution in [0.1, 0.15) is 14.7 Å². The molecule has 1 atom stereocenters. The largest absolute Gasteiger partial charge is 0.396 e. The number of ether oxygens (including phenoxy) is 1. The van der Waals surface area contributed by atoms with Gasteiger partial charge in [0.2, 0.25) is 0 Å². The molecular formula is C11H16O3. The van der Waals surface area contributed by atoms with Gasteiger partial charge in [0.1, 0.15) is 0 Å². The van der Waals surface area contributed by atoms with Gasteiger partial charge in [-0.05, 0) is 12.0 Å². The molecule has 0 saturated heterocycles. The molecule has 2 N–H and O–H groups in total. The van der Waals surface area contributed by atoms with Crippen molar-refractivity contribution in [1.82, 2.24) is 0 Å². The molecule has 0 unspecified atom stereocenters. The SMILES string of the molecule is [2H]C([2H])(O)C[C@@H](CO)OCc1ccccc1. The Morgan fingerprint density at radius 3 is 2.57 bits per heavy atom. The van der Waals surface area contributed by atoms with Gasteiger partial charge in [0.05, 0.1) is 22.1 Å². The van der Waals surface area contributed by atoms with E-state index in [2.05, 4.69) is 0 Å². The van der Waals surface area contributed by atoms with Crippen LogP contribution in [-0.4, -0.2) is 29.5 Å². The van der Waals surface area contributed by atoms with Crippen molar-refractivity contribution < 1.29 is 17.7 Å². The highest BCUT2D eigenvalue weighted by Gasteiger charge is 2.06. The summed E-state index contributed by atoms with van der Waals surface area (Å²) in [5.41, 5.74) is 0.944. The van der Waals surface area contributed by atoms with Crippen LogP contribution in [0.5, 0.6) is 0 Å². The first kappa shape index (κ1) is 8.41. The second kappa shape index (κ2) is 6.54. The van der Waals surface area contributed by atoms with Gasteiger partial charge in [0.25, 0.3) is 0 Å². The zero-order valence-corrected chi connectivity index (χ0v) is 7.89. The molecule has 1 rings (SSSR count). The van der Waals surface area contributed by atoms with Gasteiger partial charge >= 0.3 is 0 Å². The lowest BCUT2D eigenvalue weighted by molar-refractivity contribution is -0.0104. The Kier molecular flexibility index (Phi) is 3.93. The van der Waals surface area contributed by atoms with Gasteiger partial charge in [0, 0.05) is 6.56 Å². The van der Waals surface area contributed by atoms with Crippen LogP contribution in [0.25, 0.3) is 0 Å². The summed E-state index contributed by atoms with van der Waals surface area (Å²) in [5, 5.41) is 17.9. The number of aliphatic hydroxyl groups is 2. The maximum Gasteiger partial charge on any atom is 0.0832 e. The predicted molar refractivity (Wildman–Crippen MR) is 53.8 cm³/mol. The van der Waals surface area contributed by atoms with Crippen molar-refractivity contribution in [2.24, 2.45) is 0 Å². The fraction of sp³-hybridized carbons (Fsp3) is 0.455. The molecular weight excluding hydrogens is 180 g/mol. The number of rotatable bonds is 6. The van der Waals surface area contributed by atoms with Crippen molar-refractivity contribution >= 4 is 0 Å². The minimum Gasteiger partial charge on any atom is -0.396 e. The van der Waals surface area contributed by atoms with E-state index in [1.807, 2.05) is 30.3 Å². The molecule has 0 heterocycles. The van der Waals surface area contributed by atoms with E-state index >= 15 is 0 Å². The monoisotopic (exact) mass is 198 g/mol. The summed E-state index contributed by atoms with van der Waals surface area (Å²) in [7, 11) is 0. The molecule has 1 aromatic carbocycles. The molecule has 0 amide bonds. The summed E-state index contributed by atoms with van der Waals surface area (Å²) in [6, 6.07) is 9.39. The summed E-state index contributed by atoms with van der Waals surface area (Å²) in [4.78, 5) is 0. The highest BCUT2D eigenvalue weighted by atomic mass is 16.5. The third-order valence-corrected chi connectivity index (χ3v) is 1.85. The summed E-state index contributed by atoms with van der Waals surface area (Å²) in [5.74, 6) is 0. The topological polar surface area (TPSA) is 49.7 Å². The van der Waals surface area contributed by atoms with E-state index in [1.165, 1.54) is 0 Å². The van der Waals surface area contributed by atoms with E-state index in [1.54, 1.807) is 0 Å². The van der Waals surface area contributed by atoms with Crippen molar-refractivity contribution in [2.45, 2.75) is 19.1 Å². The third kappa shape index (κ3) is 3.87. The molecule has 0 aliphatic rings. The van der Waals surface area contributed by atoms with Crippen LogP contribution in [-0.2, 0) is 11.3 Å². The first-order valence-corrected chi connectivity index (χ1v) is 4.50. The van der Waals surface area contributed by atoms with E-state index in [-0.39, 0.29) is 13.0 Å². The van der Waals surface area contributed by atoms with Crippen LogP contribution < -0.4 is 0 Å². The summed E-state index contributed by atoms with van der Waals surface area (Å²) < 4.78 is 19.3. The van der Waals surface area contributed by atoms with E-state index in [0.717, 1.165) is 5.56 Å².